The van der Waals surface area contributed by atoms with Crippen molar-refractivity contribution in [3.8, 4) is 0 Å². The van der Waals surface area contributed by atoms with Gasteiger partial charge in [-0.2, -0.15) is 26.3 Å². The van der Waals surface area contributed by atoms with E-state index < -0.39 is 29.8 Å². The molecule has 0 N–H and O–H groups in total. The highest BCUT2D eigenvalue weighted by atomic mass is 19.4. The van der Waals surface area contributed by atoms with Crippen LogP contribution in [0.2, 0.25) is 0 Å². The lowest BCUT2D eigenvalue weighted by molar-refractivity contribution is -0.330. The molecule has 1 aliphatic heterocycles. The van der Waals surface area contributed by atoms with Gasteiger partial charge < -0.3 is 4.90 Å². The van der Waals surface area contributed by atoms with Crippen LogP contribution in [0.3, 0.4) is 0 Å². The van der Waals surface area contributed by atoms with Crippen LogP contribution < -0.4 is 0 Å². The lowest BCUT2D eigenvalue weighted by Crippen LogP contribution is -2.56. The number of alkyl halides is 7. The van der Waals surface area contributed by atoms with E-state index in [-0.39, 0.29) is 18.5 Å². The number of rotatable bonds is 4. The molecule has 0 bridgehead atoms. The molecule has 1 rings (SSSR count). The summed E-state index contributed by atoms with van der Waals surface area (Å²) in [5, 5.41) is 0. The third kappa shape index (κ3) is 2.61. The lowest BCUT2D eigenvalue weighted by Gasteiger charge is -2.34. The molecule has 1 unspecified atom stereocenters. The maximum Gasteiger partial charge on any atom is 0.437 e. The Kier molecular flexibility index (Phi) is 4.37. The molecule has 1 saturated heterocycles. The first-order chi connectivity index (χ1) is 8.91. The maximum atomic E-state index is 14.2. The summed E-state index contributed by atoms with van der Waals surface area (Å²) >= 11 is 0. The van der Waals surface area contributed by atoms with Crippen molar-refractivity contribution < 1.29 is 30.7 Å². The zero-order valence-corrected chi connectivity index (χ0v) is 11.3. The molecule has 0 aromatic carbocycles. The van der Waals surface area contributed by atoms with Gasteiger partial charge in [0.25, 0.3) is 0 Å². The van der Waals surface area contributed by atoms with Gasteiger partial charge in [-0.05, 0) is 19.8 Å². The Morgan fingerprint density at radius 1 is 1.00 bits per heavy atom. The van der Waals surface area contributed by atoms with Crippen LogP contribution in [0, 0.1) is 0 Å². The summed E-state index contributed by atoms with van der Waals surface area (Å²) in [7, 11) is 0. The molecule has 8 heteroatoms. The summed E-state index contributed by atoms with van der Waals surface area (Å²) in [5.74, 6) is 0. The molecular weight excluding hydrogens is 291 g/mol. The van der Waals surface area contributed by atoms with E-state index >= 15 is 0 Å². The predicted octanol–water partition coefficient (Wildman–Crippen LogP) is 4.60. The normalized spacial score (nSPS) is 21.9. The highest BCUT2D eigenvalue weighted by molar-refractivity contribution is 5.31. The smallest absolute Gasteiger partial charge is 0.365 e. The second-order valence-corrected chi connectivity index (χ2v) is 4.85. The Morgan fingerprint density at radius 3 is 1.70 bits per heavy atom. The molecule has 118 valence electrons. The summed E-state index contributed by atoms with van der Waals surface area (Å²) in [6.07, 6.45) is -11.8. The standard InChI is InChI=1S/C12H16F7N/c1-4-7(3)9(20-6-8(20)5-2)10(13,11(14,15)16)12(17,18)19/h8H,4-6H2,1-3H3/b9-7+. The van der Waals surface area contributed by atoms with Crippen molar-refractivity contribution in [2.45, 2.75) is 57.7 Å². The van der Waals surface area contributed by atoms with Crippen molar-refractivity contribution in [3.63, 3.8) is 0 Å². The predicted molar refractivity (Wildman–Crippen MR) is 59.7 cm³/mol. The van der Waals surface area contributed by atoms with E-state index in [2.05, 4.69) is 0 Å². The number of hydrogen-bond donors (Lipinski definition) is 0. The van der Waals surface area contributed by atoms with Crippen LogP contribution in [0.15, 0.2) is 11.3 Å². The van der Waals surface area contributed by atoms with Gasteiger partial charge in [-0.1, -0.05) is 19.4 Å². The molecule has 0 spiro atoms. The van der Waals surface area contributed by atoms with Crippen LogP contribution in [-0.4, -0.2) is 35.5 Å². The molecule has 1 atom stereocenters. The second kappa shape index (κ2) is 5.11. The van der Waals surface area contributed by atoms with Crippen LogP contribution in [0.4, 0.5) is 30.7 Å². The van der Waals surface area contributed by atoms with Crippen molar-refractivity contribution in [1.29, 1.82) is 0 Å². The second-order valence-electron chi connectivity index (χ2n) is 4.85. The molecule has 0 radical (unpaired) electrons. The van der Waals surface area contributed by atoms with E-state index in [1.165, 1.54) is 6.92 Å². The molecule has 0 aromatic heterocycles. The first-order valence-corrected chi connectivity index (χ1v) is 6.21. The molecule has 1 heterocycles. The minimum absolute atomic E-state index is 0.0149. The molecular formula is C12H16F7N. The highest BCUT2D eigenvalue weighted by Gasteiger charge is 2.76. The highest BCUT2D eigenvalue weighted by Crippen LogP contribution is 2.54. The molecule has 1 aliphatic rings. The summed E-state index contributed by atoms with van der Waals surface area (Å²) in [6, 6.07) is -0.466. The minimum Gasteiger partial charge on any atom is -0.365 e. The molecule has 0 aromatic rings. The van der Waals surface area contributed by atoms with E-state index in [1.807, 2.05) is 0 Å². The van der Waals surface area contributed by atoms with Gasteiger partial charge in [0.15, 0.2) is 0 Å². The van der Waals surface area contributed by atoms with E-state index in [9.17, 15) is 30.7 Å². The Morgan fingerprint density at radius 2 is 1.45 bits per heavy atom. The van der Waals surface area contributed by atoms with E-state index in [0.717, 1.165) is 11.8 Å². The fraction of sp³-hybridized carbons (Fsp3) is 0.833. The number of hydrogen-bond acceptors (Lipinski definition) is 1. The van der Waals surface area contributed by atoms with Crippen LogP contribution in [0.25, 0.3) is 0 Å². The Hall–Kier alpha value is -0.950. The molecule has 20 heavy (non-hydrogen) atoms. The van der Waals surface area contributed by atoms with Crippen LogP contribution in [0.1, 0.15) is 33.6 Å². The lowest BCUT2D eigenvalue weighted by atomic mass is 9.94. The maximum absolute atomic E-state index is 14.2. The summed E-state index contributed by atoms with van der Waals surface area (Å²) in [6.45, 7) is 4.14. The quantitative estimate of drug-likeness (QED) is 0.542. The Balaban J connectivity index is 3.43. The van der Waals surface area contributed by atoms with Gasteiger partial charge in [0, 0.05) is 12.6 Å². The van der Waals surface area contributed by atoms with Crippen LogP contribution in [-0.2, 0) is 0 Å². The molecule has 0 saturated carbocycles. The topological polar surface area (TPSA) is 3.01 Å². The molecule has 0 amide bonds. The van der Waals surface area contributed by atoms with Crippen LogP contribution in [0.5, 0.6) is 0 Å². The van der Waals surface area contributed by atoms with Crippen LogP contribution >= 0.6 is 0 Å². The summed E-state index contributed by atoms with van der Waals surface area (Å²) in [4.78, 5) is 0.861. The summed E-state index contributed by atoms with van der Waals surface area (Å²) in [5.41, 5.74) is -6.84. The number of nitrogens with zero attached hydrogens (tertiary/aromatic N) is 1. The third-order valence-corrected chi connectivity index (χ3v) is 3.52. The monoisotopic (exact) mass is 307 g/mol. The average Bonchev–Trinajstić information content (AvgIpc) is 3.05. The van der Waals surface area contributed by atoms with Crippen molar-refractivity contribution in [2.24, 2.45) is 0 Å². The largest absolute Gasteiger partial charge is 0.437 e. The fourth-order valence-corrected chi connectivity index (χ4v) is 2.14. The number of allylic oxidation sites excluding steroid dienone is 2. The zero-order chi connectivity index (χ0) is 15.9. The third-order valence-electron chi connectivity index (χ3n) is 3.52. The molecule has 1 fully saturated rings. The Labute approximate surface area is 112 Å². The van der Waals surface area contributed by atoms with Crippen molar-refractivity contribution >= 4 is 0 Å². The van der Waals surface area contributed by atoms with Gasteiger partial charge in [0.2, 0.25) is 0 Å². The van der Waals surface area contributed by atoms with E-state index in [0.29, 0.717) is 6.42 Å². The summed E-state index contributed by atoms with van der Waals surface area (Å²) < 4.78 is 91.0. The van der Waals surface area contributed by atoms with Gasteiger partial charge in [0.1, 0.15) is 0 Å². The zero-order valence-electron chi connectivity index (χ0n) is 11.3. The molecule has 1 nitrogen and oxygen atoms in total. The van der Waals surface area contributed by atoms with Crippen molar-refractivity contribution in [3.05, 3.63) is 11.3 Å². The van der Waals surface area contributed by atoms with Crippen molar-refractivity contribution in [1.82, 2.24) is 4.90 Å². The number of halogens is 7. The van der Waals surface area contributed by atoms with E-state index in [1.54, 1.807) is 6.92 Å². The van der Waals surface area contributed by atoms with Gasteiger partial charge in [-0.25, -0.2) is 4.39 Å². The minimum atomic E-state index is -6.04. The average molecular weight is 307 g/mol. The first-order valence-electron chi connectivity index (χ1n) is 6.21. The molecule has 0 aliphatic carbocycles. The van der Waals surface area contributed by atoms with Gasteiger partial charge >= 0.3 is 18.0 Å². The van der Waals surface area contributed by atoms with Gasteiger partial charge in [-0.15, -0.1) is 0 Å². The van der Waals surface area contributed by atoms with Crippen molar-refractivity contribution in [2.75, 3.05) is 6.54 Å². The van der Waals surface area contributed by atoms with Gasteiger partial charge in [0.05, 0.1) is 5.70 Å². The van der Waals surface area contributed by atoms with Gasteiger partial charge in [-0.3, -0.25) is 0 Å². The first kappa shape index (κ1) is 17.1. The fourth-order valence-electron chi connectivity index (χ4n) is 2.14. The Bertz CT molecular complexity index is 380. The SMILES string of the molecule is CC/C(C)=C(/N1CC1CC)C(F)(C(F)(F)F)C(F)(F)F. The van der Waals surface area contributed by atoms with E-state index in [4.69, 9.17) is 0 Å².